The lowest BCUT2D eigenvalue weighted by Gasteiger charge is -2.44. The Balaban J connectivity index is 1.73. The Morgan fingerprint density at radius 2 is 2.04 bits per heavy atom. The fourth-order valence-corrected chi connectivity index (χ4v) is 3.68. The number of thiocarbonyl (C=S) groups is 1. The molecule has 2 heterocycles. The summed E-state index contributed by atoms with van der Waals surface area (Å²) >= 11 is 5.41. The Morgan fingerprint density at radius 3 is 2.71 bits per heavy atom. The number of carbonyl (C=O) groups is 1. The molecule has 2 aliphatic heterocycles. The molecule has 1 saturated heterocycles. The Morgan fingerprint density at radius 1 is 1.38 bits per heavy atom. The number of nitrogens with zero attached hydrogens (tertiary/aromatic N) is 1. The van der Waals surface area contributed by atoms with E-state index in [2.05, 4.69) is 23.7 Å². The third-order valence-corrected chi connectivity index (χ3v) is 5.47. The van der Waals surface area contributed by atoms with Gasteiger partial charge in [0.2, 0.25) is 0 Å². The van der Waals surface area contributed by atoms with Crippen molar-refractivity contribution in [3.8, 4) is 5.75 Å². The van der Waals surface area contributed by atoms with Crippen LogP contribution in [0.2, 0.25) is 0 Å². The zero-order valence-electron chi connectivity index (χ0n) is 14.4. The number of benzene rings is 1. The summed E-state index contributed by atoms with van der Waals surface area (Å²) in [7, 11) is 0. The van der Waals surface area contributed by atoms with E-state index in [-0.39, 0.29) is 11.4 Å². The minimum absolute atomic E-state index is 0.195. The van der Waals surface area contributed by atoms with Crippen molar-refractivity contribution in [2.45, 2.75) is 38.7 Å². The molecule has 24 heavy (non-hydrogen) atoms. The topological polar surface area (TPSA) is 41.6 Å². The molecule has 0 amide bonds. The Kier molecular flexibility index (Phi) is 4.63. The van der Waals surface area contributed by atoms with Gasteiger partial charge in [0.1, 0.15) is 11.4 Å². The maximum Gasteiger partial charge on any atom is 0.170 e. The second-order valence-corrected chi connectivity index (χ2v) is 7.17. The van der Waals surface area contributed by atoms with Crippen LogP contribution >= 0.6 is 12.2 Å². The third kappa shape index (κ3) is 3.18. The summed E-state index contributed by atoms with van der Waals surface area (Å²) in [6.07, 6.45) is 3.87. The lowest BCUT2D eigenvalue weighted by atomic mass is 9.82. The lowest BCUT2D eigenvalue weighted by molar-refractivity contribution is 0.00357. The number of piperidine rings is 1. The minimum Gasteiger partial charge on any atom is -0.486 e. The summed E-state index contributed by atoms with van der Waals surface area (Å²) in [6, 6.07) is 3.97. The standard InChI is InChI=1S/C19H24N2O2S/c1-4-7-20-18(24)21-8-5-19(6-9-21)12-16(22)15-10-13(2)14(3)11-17(15)23-19/h4,10-11H,1,5-9,12H2,2-3H3,(H,20,24). The fraction of sp³-hybridized carbons (Fsp3) is 0.474. The number of likely N-dealkylation sites (tertiary alicyclic amines) is 1. The van der Waals surface area contributed by atoms with Gasteiger partial charge >= 0.3 is 0 Å². The number of hydrogen-bond donors (Lipinski definition) is 1. The summed E-state index contributed by atoms with van der Waals surface area (Å²) in [5.41, 5.74) is 2.64. The molecule has 1 fully saturated rings. The highest BCUT2D eigenvalue weighted by molar-refractivity contribution is 7.80. The highest BCUT2D eigenvalue weighted by Crippen LogP contribution is 2.40. The first-order chi connectivity index (χ1) is 11.4. The van der Waals surface area contributed by atoms with Gasteiger partial charge in [-0.05, 0) is 49.3 Å². The van der Waals surface area contributed by atoms with Crippen molar-refractivity contribution < 1.29 is 9.53 Å². The Hall–Kier alpha value is -1.88. The van der Waals surface area contributed by atoms with E-state index in [1.165, 1.54) is 0 Å². The van der Waals surface area contributed by atoms with Crippen LogP contribution < -0.4 is 10.1 Å². The van der Waals surface area contributed by atoms with E-state index in [1.54, 1.807) is 6.08 Å². The summed E-state index contributed by atoms with van der Waals surface area (Å²) in [5, 5.41) is 3.91. The number of rotatable bonds is 2. The molecule has 0 radical (unpaired) electrons. The maximum atomic E-state index is 12.6. The maximum absolute atomic E-state index is 12.6. The van der Waals surface area contributed by atoms with Gasteiger partial charge in [-0.2, -0.15) is 0 Å². The second-order valence-electron chi connectivity index (χ2n) is 6.78. The molecule has 4 nitrogen and oxygen atoms in total. The molecule has 2 aliphatic rings. The average Bonchev–Trinajstić information content (AvgIpc) is 2.55. The molecular weight excluding hydrogens is 320 g/mol. The van der Waals surface area contributed by atoms with Crippen molar-refractivity contribution in [1.82, 2.24) is 10.2 Å². The smallest absolute Gasteiger partial charge is 0.170 e. The van der Waals surface area contributed by atoms with Gasteiger partial charge in [-0.25, -0.2) is 0 Å². The van der Waals surface area contributed by atoms with Crippen molar-refractivity contribution in [1.29, 1.82) is 0 Å². The summed E-state index contributed by atoms with van der Waals surface area (Å²) in [5.74, 6) is 0.940. The average molecular weight is 344 g/mol. The van der Waals surface area contributed by atoms with Crippen molar-refractivity contribution >= 4 is 23.1 Å². The van der Waals surface area contributed by atoms with Crippen molar-refractivity contribution in [3.63, 3.8) is 0 Å². The normalized spacial score (nSPS) is 18.8. The van der Waals surface area contributed by atoms with Crippen molar-refractivity contribution in [3.05, 3.63) is 41.5 Å². The number of fused-ring (bicyclic) bond motifs is 1. The molecule has 5 heteroatoms. The van der Waals surface area contributed by atoms with Crippen LogP contribution in [-0.4, -0.2) is 41.0 Å². The van der Waals surface area contributed by atoms with Crippen LogP contribution in [0.5, 0.6) is 5.75 Å². The molecule has 0 aliphatic carbocycles. The molecule has 3 rings (SSSR count). The predicted molar refractivity (Wildman–Crippen MR) is 99.8 cm³/mol. The van der Waals surface area contributed by atoms with Gasteiger partial charge in [0.15, 0.2) is 10.9 Å². The molecule has 1 N–H and O–H groups in total. The molecule has 1 aromatic rings. The Bertz CT molecular complexity index is 691. The molecule has 0 bridgehead atoms. The van der Waals surface area contributed by atoms with Gasteiger partial charge < -0.3 is 15.0 Å². The predicted octanol–water partition coefficient (Wildman–Crippen LogP) is 3.16. The van der Waals surface area contributed by atoms with Crippen LogP contribution in [0.3, 0.4) is 0 Å². The van der Waals surface area contributed by atoms with E-state index in [1.807, 2.05) is 19.1 Å². The van der Waals surface area contributed by atoms with Crippen LogP contribution in [0.15, 0.2) is 24.8 Å². The summed E-state index contributed by atoms with van der Waals surface area (Å²) < 4.78 is 6.35. The largest absolute Gasteiger partial charge is 0.486 e. The van der Waals surface area contributed by atoms with Gasteiger partial charge in [-0.15, -0.1) is 6.58 Å². The van der Waals surface area contributed by atoms with Crippen molar-refractivity contribution in [2.24, 2.45) is 0 Å². The highest BCUT2D eigenvalue weighted by atomic mass is 32.1. The van der Waals surface area contributed by atoms with Crippen molar-refractivity contribution in [2.75, 3.05) is 19.6 Å². The van der Waals surface area contributed by atoms with Gasteiger partial charge in [-0.3, -0.25) is 4.79 Å². The number of nitrogens with one attached hydrogen (secondary N) is 1. The van der Waals surface area contributed by atoms with Crippen LogP contribution in [0, 0.1) is 13.8 Å². The van der Waals surface area contributed by atoms with E-state index < -0.39 is 0 Å². The number of ether oxygens (including phenoxy) is 1. The van der Waals surface area contributed by atoms with E-state index in [9.17, 15) is 4.79 Å². The minimum atomic E-state index is -0.379. The molecular formula is C19H24N2O2S. The first-order valence-corrected chi connectivity index (χ1v) is 8.82. The number of aryl methyl sites for hydroxylation is 2. The zero-order chi connectivity index (χ0) is 17.3. The summed E-state index contributed by atoms with van der Waals surface area (Å²) in [4.78, 5) is 14.8. The number of ketones is 1. The molecule has 0 unspecified atom stereocenters. The third-order valence-electron chi connectivity index (χ3n) is 5.07. The van der Waals surface area contributed by atoms with E-state index in [0.29, 0.717) is 13.0 Å². The molecule has 0 aromatic heterocycles. The van der Waals surface area contributed by atoms with Gasteiger partial charge in [-0.1, -0.05) is 6.08 Å². The zero-order valence-corrected chi connectivity index (χ0v) is 15.2. The van der Waals surface area contributed by atoms with Crippen LogP contribution in [0.25, 0.3) is 0 Å². The highest BCUT2D eigenvalue weighted by Gasteiger charge is 2.43. The van der Waals surface area contributed by atoms with Gasteiger partial charge in [0.25, 0.3) is 0 Å². The van der Waals surface area contributed by atoms with E-state index in [4.69, 9.17) is 17.0 Å². The first-order valence-electron chi connectivity index (χ1n) is 8.41. The number of Topliss-reactive ketones (excluding diaryl/α,β-unsaturated/α-hetero) is 1. The molecule has 0 saturated carbocycles. The number of hydrogen-bond acceptors (Lipinski definition) is 3. The molecule has 1 aromatic carbocycles. The van der Waals surface area contributed by atoms with E-state index in [0.717, 1.165) is 53.5 Å². The van der Waals surface area contributed by atoms with Gasteiger partial charge in [0.05, 0.1) is 12.0 Å². The lowest BCUT2D eigenvalue weighted by Crippen LogP contribution is -2.54. The monoisotopic (exact) mass is 344 g/mol. The Labute approximate surface area is 148 Å². The molecule has 0 atom stereocenters. The van der Waals surface area contributed by atoms with Gasteiger partial charge in [0, 0.05) is 32.5 Å². The van der Waals surface area contributed by atoms with E-state index >= 15 is 0 Å². The fourth-order valence-electron chi connectivity index (χ4n) is 3.42. The quantitative estimate of drug-likeness (QED) is 0.659. The summed E-state index contributed by atoms with van der Waals surface area (Å²) in [6.45, 7) is 10.0. The van der Waals surface area contributed by atoms with Crippen LogP contribution in [0.1, 0.15) is 40.7 Å². The van der Waals surface area contributed by atoms with Crippen LogP contribution in [-0.2, 0) is 0 Å². The van der Waals surface area contributed by atoms with Crippen LogP contribution in [0.4, 0.5) is 0 Å². The first kappa shape index (κ1) is 17.0. The number of carbonyl (C=O) groups excluding carboxylic acids is 1. The molecule has 128 valence electrons. The second kappa shape index (κ2) is 6.55. The SMILES string of the molecule is C=CCNC(=S)N1CCC2(CC1)CC(=O)c1cc(C)c(C)cc1O2. The molecule has 1 spiro atoms.